The predicted octanol–water partition coefficient (Wildman–Crippen LogP) is 9.22. The summed E-state index contributed by atoms with van der Waals surface area (Å²) in [5.41, 5.74) is 3.38. The molecule has 0 aromatic heterocycles. The Labute approximate surface area is 349 Å². The van der Waals surface area contributed by atoms with Crippen molar-refractivity contribution < 1.29 is 74.5 Å². The van der Waals surface area contributed by atoms with Gasteiger partial charge in [0.2, 0.25) is 17.4 Å². The van der Waals surface area contributed by atoms with Crippen molar-refractivity contribution in [2.24, 2.45) is 0 Å². The number of ether oxygens (including phenoxy) is 4. The van der Waals surface area contributed by atoms with Crippen molar-refractivity contribution in [1.82, 2.24) is 0 Å². The fourth-order valence-corrected chi connectivity index (χ4v) is 7.09. The molecule has 0 N–H and O–H groups in total. The zero-order valence-electron chi connectivity index (χ0n) is 31.1. The predicted molar refractivity (Wildman–Crippen MR) is 203 cm³/mol. The Morgan fingerprint density at radius 3 is 1.39 bits per heavy atom. The molecule has 0 bridgehead atoms. The normalized spacial score (nSPS) is 11.1. The molecule has 7 aromatic carbocycles. The van der Waals surface area contributed by atoms with Crippen LogP contribution in [0, 0.1) is 43.2 Å². The van der Waals surface area contributed by atoms with E-state index < -0.39 is 44.4 Å². The van der Waals surface area contributed by atoms with Crippen molar-refractivity contribution >= 4 is 9.84 Å². The van der Waals surface area contributed by atoms with Gasteiger partial charge in [-0.15, -0.1) is 12.1 Å². The molecule has 0 radical (unpaired) electrons. The number of benzene rings is 7. The summed E-state index contributed by atoms with van der Waals surface area (Å²) in [5.74, 6) is -4.82. The van der Waals surface area contributed by atoms with E-state index in [0.717, 1.165) is 29.4 Å². The van der Waals surface area contributed by atoms with E-state index in [-0.39, 0.29) is 45.1 Å². The van der Waals surface area contributed by atoms with Crippen LogP contribution in [0.25, 0.3) is 22.3 Å². The van der Waals surface area contributed by atoms with Crippen LogP contribution in [0.2, 0.25) is 0 Å². The van der Waals surface area contributed by atoms with Crippen LogP contribution in [0.3, 0.4) is 0 Å². The van der Waals surface area contributed by atoms with E-state index in [0.29, 0.717) is 34.1 Å². The number of hydrogen-bond acceptors (Lipinski definition) is 6. The zero-order valence-corrected chi connectivity index (χ0v) is 33.9. The number of halogens is 4. The van der Waals surface area contributed by atoms with Crippen LogP contribution in [0.4, 0.5) is 17.6 Å². The Morgan fingerprint density at radius 1 is 0.509 bits per heavy atom. The third-order valence-electron chi connectivity index (χ3n) is 8.96. The van der Waals surface area contributed by atoms with Gasteiger partial charge >= 0.3 is 29.6 Å². The van der Waals surface area contributed by atoms with Crippen molar-refractivity contribution in [3.63, 3.8) is 0 Å². The first-order chi connectivity index (χ1) is 26.9. The first-order valence-corrected chi connectivity index (χ1v) is 18.6. The summed E-state index contributed by atoms with van der Waals surface area (Å²) in [5, 5.41) is 0. The number of rotatable bonds is 11. The molecule has 0 saturated carbocycles. The number of sulfone groups is 1. The topological polar surface area (TPSA) is 71.1 Å². The maximum absolute atomic E-state index is 14.3. The van der Waals surface area contributed by atoms with Crippen molar-refractivity contribution in [2.75, 3.05) is 7.11 Å². The Bertz CT molecular complexity index is 2610. The molecule has 0 aliphatic heterocycles. The van der Waals surface area contributed by atoms with E-state index in [9.17, 15) is 26.0 Å². The molecule has 0 saturated heterocycles. The SMILES string of the molecule is COc1ccc(-c2ccc(Oc3ccc(S(=O)(=O)c4c[c-]c(Oc5ccc(-c6ccc(Oc7c(F)c(F)c(C)c(F)c7F)cc6)cc5)cc4)cc3C)cc2)cc1.[Na+]. The van der Waals surface area contributed by atoms with Crippen LogP contribution in [0.5, 0.6) is 40.2 Å². The van der Waals surface area contributed by atoms with Crippen molar-refractivity contribution in [3.05, 3.63) is 174 Å². The van der Waals surface area contributed by atoms with Crippen molar-refractivity contribution in [2.45, 2.75) is 23.6 Å². The third kappa shape index (κ3) is 8.87. The van der Waals surface area contributed by atoms with E-state index in [1.54, 1.807) is 62.6 Å². The van der Waals surface area contributed by atoms with Crippen molar-refractivity contribution in [1.29, 1.82) is 0 Å². The molecule has 0 amide bonds. The quantitative estimate of drug-likeness (QED) is 0.0563. The molecule has 0 atom stereocenters. The van der Waals surface area contributed by atoms with Gasteiger partial charge in [-0.3, -0.25) is 0 Å². The van der Waals surface area contributed by atoms with Crippen molar-refractivity contribution in [3.8, 4) is 62.5 Å². The Morgan fingerprint density at radius 2 is 0.947 bits per heavy atom. The molecule has 0 unspecified atom stereocenters. The average molecular weight is 799 g/mol. The Balaban J connectivity index is 0.00000549. The van der Waals surface area contributed by atoms with Crippen LogP contribution in [-0.2, 0) is 9.84 Å². The maximum Gasteiger partial charge on any atom is 1.00 e. The molecular weight excluding hydrogens is 768 g/mol. The van der Waals surface area contributed by atoms with Gasteiger partial charge in [-0.05, 0) is 113 Å². The van der Waals surface area contributed by atoms with Gasteiger partial charge in [-0.2, -0.15) is 20.9 Å². The van der Waals surface area contributed by atoms with Crippen LogP contribution in [-0.4, -0.2) is 15.5 Å². The molecule has 282 valence electrons. The van der Waals surface area contributed by atoms with Gasteiger partial charge in [0.25, 0.3) is 0 Å². The molecule has 0 spiro atoms. The summed E-state index contributed by atoms with van der Waals surface area (Å²) in [6.45, 7) is 2.71. The van der Waals surface area contributed by atoms with E-state index in [2.05, 4.69) is 6.07 Å². The van der Waals surface area contributed by atoms with Crippen LogP contribution >= 0.6 is 0 Å². The van der Waals surface area contributed by atoms with Gasteiger partial charge < -0.3 is 18.9 Å². The molecular formula is C45H31F4NaO6S. The first kappa shape index (κ1) is 41.1. The van der Waals surface area contributed by atoms with Gasteiger partial charge in [0.05, 0.1) is 12.0 Å². The van der Waals surface area contributed by atoms with Crippen LogP contribution in [0.15, 0.2) is 143 Å². The van der Waals surface area contributed by atoms with E-state index in [1.165, 1.54) is 36.4 Å². The largest absolute Gasteiger partial charge is 1.00 e. The molecule has 0 fully saturated rings. The zero-order chi connectivity index (χ0) is 39.6. The van der Waals surface area contributed by atoms with Gasteiger partial charge in [-0.25, -0.2) is 17.2 Å². The second-order valence-electron chi connectivity index (χ2n) is 12.6. The van der Waals surface area contributed by atoms with Gasteiger partial charge in [-0.1, -0.05) is 48.5 Å². The summed E-state index contributed by atoms with van der Waals surface area (Å²) in [6, 6.07) is 40.2. The molecule has 7 aromatic rings. The second-order valence-corrected chi connectivity index (χ2v) is 14.6. The number of methoxy groups -OCH3 is 1. The third-order valence-corrected chi connectivity index (χ3v) is 10.7. The van der Waals surface area contributed by atoms with Gasteiger partial charge in [0.1, 0.15) is 28.7 Å². The van der Waals surface area contributed by atoms with Crippen LogP contribution < -0.4 is 48.5 Å². The summed E-state index contributed by atoms with van der Waals surface area (Å²) in [4.78, 5) is 0.143. The summed E-state index contributed by atoms with van der Waals surface area (Å²) < 4.78 is 106. The number of aryl methyl sites for hydroxylation is 1. The standard InChI is InChI=1S/C45H31F4O6S.Na/c1-27-26-39(24-25-40(27)54-36-16-8-31(9-17-36)29-4-12-33(52-3)13-5-29)56(50,51)38-22-20-35(21-23-38)53-34-14-6-30(7-15-34)32-10-18-37(19-11-32)55-45-43(48)41(46)28(2)42(47)44(45)49;/h4-20,22-26H,1-3H3;/q-1;+1. The van der Waals surface area contributed by atoms with Crippen LogP contribution in [0.1, 0.15) is 11.1 Å². The van der Waals surface area contributed by atoms with E-state index >= 15 is 0 Å². The molecule has 12 heteroatoms. The first-order valence-electron chi connectivity index (χ1n) is 17.1. The molecule has 57 heavy (non-hydrogen) atoms. The Hall–Kier alpha value is -5.59. The smallest absolute Gasteiger partial charge is 0.497 e. The summed E-state index contributed by atoms with van der Waals surface area (Å²) in [7, 11) is -2.26. The fraction of sp³-hybridized carbons (Fsp3) is 0.0667. The Kier molecular flexibility index (Phi) is 12.4. The molecule has 0 aliphatic carbocycles. The van der Waals surface area contributed by atoms with E-state index in [1.807, 2.05) is 48.5 Å². The molecule has 7 rings (SSSR count). The maximum atomic E-state index is 14.3. The fourth-order valence-electron chi connectivity index (χ4n) is 5.78. The average Bonchev–Trinajstić information content (AvgIpc) is 3.22. The second kappa shape index (κ2) is 17.3. The van der Waals surface area contributed by atoms with Gasteiger partial charge in [0.15, 0.2) is 21.5 Å². The molecule has 0 heterocycles. The minimum absolute atomic E-state index is 0. The molecule has 6 nitrogen and oxygen atoms in total. The number of hydrogen-bond donors (Lipinski definition) is 0. The monoisotopic (exact) mass is 798 g/mol. The summed E-state index contributed by atoms with van der Waals surface area (Å²) >= 11 is 0. The van der Waals surface area contributed by atoms with E-state index in [4.69, 9.17) is 18.9 Å². The van der Waals surface area contributed by atoms with Gasteiger partial charge in [0, 0.05) is 11.3 Å². The summed E-state index contributed by atoms with van der Waals surface area (Å²) in [6.07, 6.45) is 0. The minimum Gasteiger partial charge on any atom is -0.497 e. The minimum atomic E-state index is -3.88. The molecule has 0 aliphatic rings.